The fourth-order valence-corrected chi connectivity index (χ4v) is 5.34. The lowest BCUT2D eigenvalue weighted by Crippen LogP contribution is -2.39. The van der Waals surface area contributed by atoms with E-state index in [1.165, 1.54) is 17.7 Å². The van der Waals surface area contributed by atoms with Crippen molar-refractivity contribution in [1.29, 1.82) is 0 Å². The predicted molar refractivity (Wildman–Crippen MR) is 112 cm³/mol. The Labute approximate surface area is 173 Å². The van der Waals surface area contributed by atoms with Crippen molar-refractivity contribution in [3.05, 3.63) is 59.8 Å². The maximum Gasteiger partial charge on any atom is 0.208 e. The van der Waals surface area contributed by atoms with Gasteiger partial charge in [0.15, 0.2) is 0 Å². The van der Waals surface area contributed by atoms with Gasteiger partial charge in [-0.05, 0) is 67.8 Å². The van der Waals surface area contributed by atoms with Crippen molar-refractivity contribution in [3.8, 4) is 0 Å². The third-order valence-corrected chi connectivity index (χ3v) is 6.77. The minimum absolute atomic E-state index is 0.0622. The Hall–Kier alpha value is -2.45. The Bertz CT molecular complexity index is 981. The number of aryl methyl sites for hydroxylation is 1. The summed E-state index contributed by atoms with van der Waals surface area (Å²) in [5.41, 5.74) is 9.16. The maximum absolute atomic E-state index is 13.2. The molecular formula is C21H24FN5OS. The van der Waals surface area contributed by atoms with Crippen molar-refractivity contribution in [1.82, 2.24) is 14.8 Å². The first-order valence-corrected chi connectivity index (χ1v) is 10.5. The van der Waals surface area contributed by atoms with Gasteiger partial charge in [-0.25, -0.2) is 14.4 Å². The van der Waals surface area contributed by atoms with E-state index in [2.05, 4.69) is 21.2 Å². The van der Waals surface area contributed by atoms with Gasteiger partial charge in [0.25, 0.3) is 0 Å². The van der Waals surface area contributed by atoms with E-state index < -0.39 is 0 Å². The van der Waals surface area contributed by atoms with Gasteiger partial charge in [0, 0.05) is 17.7 Å². The van der Waals surface area contributed by atoms with Crippen molar-refractivity contribution >= 4 is 23.2 Å². The second-order valence-electron chi connectivity index (χ2n) is 7.63. The molecule has 3 N–H and O–H groups in total. The van der Waals surface area contributed by atoms with E-state index in [4.69, 9.17) is 5.73 Å². The molecule has 8 heteroatoms. The molecule has 4 rings (SSSR count). The normalized spacial score (nSPS) is 27.1. The number of halogens is 1. The molecule has 1 fully saturated rings. The van der Waals surface area contributed by atoms with Crippen LogP contribution in [0.15, 0.2) is 64.2 Å². The van der Waals surface area contributed by atoms with E-state index in [0.717, 1.165) is 35.7 Å². The van der Waals surface area contributed by atoms with Gasteiger partial charge in [-0.1, -0.05) is 17.3 Å². The molecule has 0 aliphatic heterocycles. The Balaban J connectivity index is 1.61. The number of aromatic nitrogens is 3. The van der Waals surface area contributed by atoms with Crippen LogP contribution in [-0.4, -0.2) is 37.4 Å². The van der Waals surface area contributed by atoms with E-state index in [1.54, 1.807) is 41.1 Å². The Morgan fingerprint density at radius 3 is 2.86 bits per heavy atom. The number of hydrogen-bond donors (Lipinski definition) is 2. The molecule has 1 saturated carbocycles. The molecule has 2 aliphatic rings. The lowest BCUT2D eigenvalue weighted by atomic mass is 9.63. The number of fused-ring (bicyclic) bond motifs is 1. The lowest BCUT2D eigenvalue weighted by Gasteiger charge is -2.44. The molecule has 1 aromatic heterocycles. The minimum Gasteiger partial charge on any atom is -0.404 e. The molecule has 1 aromatic carbocycles. The molecule has 0 spiro atoms. The van der Waals surface area contributed by atoms with Crippen LogP contribution < -0.4 is 5.73 Å². The number of rotatable bonds is 4. The van der Waals surface area contributed by atoms with Crippen molar-refractivity contribution in [2.45, 2.75) is 36.1 Å². The topological polar surface area (TPSA) is 89.3 Å². The lowest BCUT2D eigenvalue weighted by molar-refractivity contribution is 0.132. The average Bonchev–Trinajstić information content (AvgIpc) is 3.14. The number of aliphatic imine (C=N–C) groups is 1. The first-order chi connectivity index (χ1) is 14.0. The molecule has 152 valence electrons. The van der Waals surface area contributed by atoms with Crippen LogP contribution in [0.4, 0.5) is 10.1 Å². The number of nitrogens with two attached hydrogens (primary N) is 1. The van der Waals surface area contributed by atoms with E-state index in [9.17, 15) is 9.50 Å². The summed E-state index contributed by atoms with van der Waals surface area (Å²) in [5, 5.41) is 15.8. The summed E-state index contributed by atoms with van der Waals surface area (Å²) in [4.78, 5) is 8.99. The van der Waals surface area contributed by atoms with Gasteiger partial charge in [-0.3, -0.25) is 4.68 Å². The Morgan fingerprint density at radius 2 is 2.21 bits per heavy atom. The van der Waals surface area contributed by atoms with Crippen LogP contribution in [0.5, 0.6) is 0 Å². The Morgan fingerprint density at radius 1 is 1.41 bits per heavy atom. The molecular weight excluding hydrogens is 389 g/mol. The van der Waals surface area contributed by atoms with Crippen molar-refractivity contribution < 1.29 is 9.50 Å². The standard InChI is InChI=1S/C21H24FN5OS/c1-27-13-24-20(26-27)29-18-7-2-15-8-19(25-17-5-3-16(22)4-6-17)14(11-23)9-21(15,10-18)12-28/h3-6,8,11,13,18,28H,2,7,9-10,12,23H2,1H3/t18-,21+/m0/s1. The van der Waals surface area contributed by atoms with Crippen LogP contribution in [-0.2, 0) is 7.05 Å². The van der Waals surface area contributed by atoms with Gasteiger partial charge in [-0.15, -0.1) is 5.10 Å². The summed E-state index contributed by atoms with van der Waals surface area (Å²) in [6.45, 7) is 0.0622. The zero-order valence-electron chi connectivity index (χ0n) is 16.3. The smallest absolute Gasteiger partial charge is 0.208 e. The van der Waals surface area contributed by atoms with E-state index in [0.29, 0.717) is 17.4 Å². The number of aliphatic hydroxyl groups excluding tert-OH is 1. The summed E-state index contributed by atoms with van der Waals surface area (Å²) < 4.78 is 14.9. The Kier molecular flexibility index (Phi) is 5.56. The molecule has 0 bridgehead atoms. The van der Waals surface area contributed by atoms with Gasteiger partial charge < -0.3 is 10.8 Å². The highest BCUT2D eigenvalue weighted by molar-refractivity contribution is 7.99. The molecule has 2 aromatic rings. The van der Waals surface area contributed by atoms with Crippen molar-refractivity contribution in [3.63, 3.8) is 0 Å². The number of benzene rings is 1. The molecule has 0 amide bonds. The number of hydrogen-bond acceptors (Lipinski definition) is 6. The molecule has 1 heterocycles. The summed E-state index contributed by atoms with van der Waals surface area (Å²) in [5.74, 6) is -0.289. The molecule has 2 atom stereocenters. The number of aliphatic hydroxyl groups is 1. The predicted octanol–water partition coefficient (Wildman–Crippen LogP) is 3.52. The van der Waals surface area contributed by atoms with E-state index >= 15 is 0 Å². The summed E-state index contributed by atoms with van der Waals surface area (Å²) in [7, 11) is 1.86. The SMILES string of the molecule is Cn1cnc(S[C@H]2CCC3=CC(=Nc4ccc(F)cc4)C(=CN)C[C@]3(CO)C2)n1. The second-order valence-corrected chi connectivity index (χ2v) is 8.90. The van der Waals surface area contributed by atoms with E-state index in [1.807, 2.05) is 7.05 Å². The monoisotopic (exact) mass is 413 g/mol. The van der Waals surface area contributed by atoms with Gasteiger partial charge in [0.05, 0.1) is 18.0 Å². The molecule has 0 radical (unpaired) electrons. The van der Waals surface area contributed by atoms with E-state index in [-0.39, 0.29) is 17.8 Å². The first kappa shape index (κ1) is 19.8. The van der Waals surface area contributed by atoms with Crippen molar-refractivity contribution in [2.24, 2.45) is 23.2 Å². The van der Waals surface area contributed by atoms with Gasteiger partial charge >= 0.3 is 0 Å². The molecule has 6 nitrogen and oxygen atoms in total. The highest BCUT2D eigenvalue weighted by Gasteiger charge is 2.43. The third-order valence-electron chi connectivity index (χ3n) is 5.63. The minimum atomic E-state index is -0.336. The largest absolute Gasteiger partial charge is 0.404 e. The van der Waals surface area contributed by atoms with Gasteiger partial charge in [0.1, 0.15) is 12.1 Å². The van der Waals surface area contributed by atoms with Gasteiger partial charge in [-0.2, -0.15) is 0 Å². The van der Waals surface area contributed by atoms with Crippen LogP contribution in [0.2, 0.25) is 0 Å². The summed E-state index contributed by atoms with van der Waals surface area (Å²) >= 11 is 1.67. The fourth-order valence-electron chi connectivity index (χ4n) is 4.12. The molecule has 0 unspecified atom stereocenters. The van der Waals surface area contributed by atoms with Crippen LogP contribution in [0.25, 0.3) is 0 Å². The van der Waals surface area contributed by atoms with Crippen LogP contribution in [0.3, 0.4) is 0 Å². The molecule has 2 aliphatic carbocycles. The summed E-state index contributed by atoms with van der Waals surface area (Å²) in [6, 6.07) is 6.09. The zero-order valence-corrected chi connectivity index (χ0v) is 17.1. The van der Waals surface area contributed by atoms with Gasteiger partial charge in [0.2, 0.25) is 5.16 Å². The zero-order chi connectivity index (χ0) is 20.4. The van der Waals surface area contributed by atoms with Crippen LogP contribution >= 0.6 is 11.8 Å². The van der Waals surface area contributed by atoms with Crippen LogP contribution in [0.1, 0.15) is 25.7 Å². The number of nitrogens with zero attached hydrogens (tertiary/aromatic N) is 4. The van der Waals surface area contributed by atoms with Crippen molar-refractivity contribution in [2.75, 3.05) is 6.61 Å². The number of thioether (sulfide) groups is 1. The highest BCUT2D eigenvalue weighted by atomic mass is 32.2. The third kappa shape index (κ3) is 4.13. The maximum atomic E-state index is 13.2. The molecule has 0 saturated heterocycles. The average molecular weight is 414 g/mol. The number of allylic oxidation sites excluding steroid dienone is 2. The fraction of sp³-hybridized carbons (Fsp3) is 0.381. The molecule has 29 heavy (non-hydrogen) atoms. The second kappa shape index (κ2) is 8.12. The van der Waals surface area contributed by atoms with Crippen LogP contribution in [0, 0.1) is 11.2 Å². The highest BCUT2D eigenvalue weighted by Crippen LogP contribution is 2.51. The summed E-state index contributed by atoms with van der Waals surface area (Å²) in [6.07, 6.45) is 8.67. The first-order valence-electron chi connectivity index (χ1n) is 9.61. The quantitative estimate of drug-likeness (QED) is 0.801.